The first-order chi connectivity index (χ1) is 7.29. The lowest BCUT2D eigenvalue weighted by Gasteiger charge is -2.29. The minimum atomic E-state index is -0.838. The molecule has 0 bridgehead atoms. The van der Waals surface area contributed by atoms with Gasteiger partial charge < -0.3 is 15.2 Å². The van der Waals surface area contributed by atoms with Crippen molar-refractivity contribution in [2.75, 3.05) is 6.54 Å². The zero-order valence-corrected chi connectivity index (χ0v) is 9.95. The molecule has 1 rings (SSSR count). The van der Waals surface area contributed by atoms with E-state index in [1.165, 1.54) is 0 Å². The summed E-state index contributed by atoms with van der Waals surface area (Å²) in [7, 11) is 0. The van der Waals surface area contributed by atoms with E-state index in [1.54, 1.807) is 20.8 Å². The number of nitrogens with one attached hydrogen (secondary N) is 1. The fraction of sp³-hybridized carbons (Fsp3) is 0.818. The number of rotatable bonds is 2. The zero-order valence-electron chi connectivity index (χ0n) is 9.95. The van der Waals surface area contributed by atoms with E-state index in [0.717, 1.165) is 0 Å². The van der Waals surface area contributed by atoms with E-state index in [0.29, 0.717) is 19.4 Å². The monoisotopic (exact) mass is 229 g/mol. The summed E-state index contributed by atoms with van der Waals surface area (Å²) in [4.78, 5) is 22.5. The van der Waals surface area contributed by atoms with E-state index in [9.17, 15) is 9.59 Å². The SMILES string of the molecule is CC(C)(C)OC(=O)[C@@H]1C[C@@H](C(=O)O)CCN1. The molecule has 16 heavy (non-hydrogen) atoms. The molecule has 0 spiro atoms. The van der Waals surface area contributed by atoms with Crippen LogP contribution in [0, 0.1) is 5.92 Å². The first-order valence-electron chi connectivity index (χ1n) is 5.48. The number of ether oxygens (including phenoxy) is 1. The minimum Gasteiger partial charge on any atom is -0.481 e. The predicted molar refractivity (Wildman–Crippen MR) is 58.0 cm³/mol. The van der Waals surface area contributed by atoms with Crippen LogP contribution >= 0.6 is 0 Å². The van der Waals surface area contributed by atoms with E-state index in [2.05, 4.69) is 5.32 Å². The molecule has 0 radical (unpaired) electrons. The normalized spacial score (nSPS) is 26.2. The Bertz CT molecular complexity index is 282. The van der Waals surface area contributed by atoms with Gasteiger partial charge in [0.05, 0.1) is 5.92 Å². The van der Waals surface area contributed by atoms with Gasteiger partial charge in [0, 0.05) is 0 Å². The molecule has 1 fully saturated rings. The molecule has 1 saturated heterocycles. The largest absolute Gasteiger partial charge is 0.481 e. The molecule has 0 aromatic carbocycles. The number of hydrogen-bond acceptors (Lipinski definition) is 4. The van der Waals surface area contributed by atoms with Crippen LogP contribution in [0.2, 0.25) is 0 Å². The van der Waals surface area contributed by atoms with Gasteiger partial charge in [-0.2, -0.15) is 0 Å². The third kappa shape index (κ3) is 3.81. The van der Waals surface area contributed by atoms with E-state index in [4.69, 9.17) is 9.84 Å². The molecular weight excluding hydrogens is 210 g/mol. The Morgan fingerprint density at radius 3 is 2.50 bits per heavy atom. The summed E-state index contributed by atoms with van der Waals surface area (Å²) in [6.45, 7) is 5.92. The number of esters is 1. The first kappa shape index (κ1) is 13.0. The molecule has 0 aromatic heterocycles. The number of hydrogen-bond donors (Lipinski definition) is 2. The molecule has 0 aliphatic carbocycles. The van der Waals surface area contributed by atoms with E-state index in [-0.39, 0.29) is 5.97 Å². The lowest BCUT2D eigenvalue weighted by atomic mass is 9.92. The van der Waals surface area contributed by atoms with Gasteiger partial charge in [-0.1, -0.05) is 0 Å². The summed E-state index contributed by atoms with van der Waals surface area (Å²) in [5.41, 5.74) is -0.533. The smallest absolute Gasteiger partial charge is 0.323 e. The Morgan fingerprint density at radius 1 is 1.38 bits per heavy atom. The van der Waals surface area contributed by atoms with Crippen LogP contribution in [-0.4, -0.2) is 35.2 Å². The molecule has 1 aliphatic heterocycles. The second kappa shape index (κ2) is 4.82. The number of carboxylic acids is 1. The number of aliphatic carboxylic acids is 1. The highest BCUT2D eigenvalue weighted by Crippen LogP contribution is 2.19. The highest BCUT2D eigenvalue weighted by molar-refractivity contribution is 5.78. The van der Waals surface area contributed by atoms with Crippen LogP contribution in [0.25, 0.3) is 0 Å². The van der Waals surface area contributed by atoms with Crippen molar-refractivity contribution in [1.82, 2.24) is 5.32 Å². The van der Waals surface area contributed by atoms with Crippen molar-refractivity contribution in [2.24, 2.45) is 5.92 Å². The van der Waals surface area contributed by atoms with Crippen molar-refractivity contribution in [3.63, 3.8) is 0 Å². The quantitative estimate of drug-likeness (QED) is 0.684. The summed E-state index contributed by atoms with van der Waals surface area (Å²) in [6.07, 6.45) is 0.874. The fourth-order valence-corrected chi connectivity index (χ4v) is 1.69. The molecule has 1 heterocycles. The van der Waals surface area contributed by atoms with Crippen molar-refractivity contribution in [3.8, 4) is 0 Å². The molecule has 92 valence electrons. The molecule has 1 aliphatic rings. The molecular formula is C11H19NO4. The Balaban J connectivity index is 2.54. The molecule has 5 heteroatoms. The van der Waals surface area contributed by atoms with Gasteiger partial charge in [0.25, 0.3) is 0 Å². The second-order valence-corrected chi connectivity index (χ2v) is 5.10. The van der Waals surface area contributed by atoms with Gasteiger partial charge in [0.15, 0.2) is 0 Å². The zero-order chi connectivity index (χ0) is 12.3. The number of piperidine rings is 1. The highest BCUT2D eigenvalue weighted by atomic mass is 16.6. The van der Waals surface area contributed by atoms with Crippen LogP contribution in [-0.2, 0) is 14.3 Å². The Labute approximate surface area is 95.2 Å². The molecule has 5 nitrogen and oxygen atoms in total. The Hall–Kier alpha value is -1.10. The Morgan fingerprint density at radius 2 is 2.00 bits per heavy atom. The van der Waals surface area contributed by atoms with Crippen LogP contribution in [0.15, 0.2) is 0 Å². The van der Waals surface area contributed by atoms with Gasteiger partial charge in [-0.05, 0) is 40.2 Å². The lowest BCUT2D eigenvalue weighted by molar-refractivity contribution is -0.159. The van der Waals surface area contributed by atoms with Crippen LogP contribution in [0.5, 0.6) is 0 Å². The second-order valence-electron chi connectivity index (χ2n) is 5.10. The molecule has 2 atom stereocenters. The maximum atomic E-state index is 11.7. The average molecular weight is 229 g/mol. The summed E-state index contributed by atoms with van der Waals surface area (Å²) in [6, 6.07) is -0.492. The molecule has 0 unspecified atom stereocenters. The average Bonchev–Trinajstić information content (AvgIpc) is 2.15. The predicted octanol–water partition coefficient (Wildman–Crippen LogP) is 0.781. The van der Waals surface area contributed by atoms with E-state index >= 15 is 0 Å². The van der Waals surface area contributed by atoms with Crippen molar-refractivity contribution < 1.29 is 19.4 Å². The maximum Gasteiger partial charge on any atom is 0.323 e. The summed E-state index contributed by atoms with van der Waals surface area (Å²) in [5.74, 6) is -1.65. The molecule has 2 N–H and O–H groups in total. The first-order valence-corrected chi connectivity index (χ1v) is 5.48. The van der Waals surface area contributed by atoms with Crippen LogP contribution in [0.1, 0.15) is 33.6 Å². The summed E-state index contributed by atoms with van der Waals surface area (Å²) < 4.78 is 5.21. The number of carbonyl (C=O) groups excluding carboxylic acids is 1. The van der Waals surface area contributed by atoms with Crippen molar-refractivity contribution in [3.05, 3.63) is 0 Å². The van der Waals surface area contributed by atoms with Gasteiger partial charge in [-0.25, -0.2) is 0 Å². The molecule has 0 aromatic rings. The summed E-state index contributed by atoms with van der Waals surface area (Å²) >= 11 is 0. The van der Waals surface area contributed by atoms with Crippen LogP contribution in [0.4, 0.5) is 0 Å². The van der Waals surface area contributed by atoms with Gasteiger partial charge >= 0.3 is 11.9 Å². The van der Waals surface area contributed by atoms with Crippen molar-refractivity contribution >= 4 is 11.9 Å². The minimum absolute atomic E-state index is 0.310. The van der Waals surface area contributed by atoms with E-state index < -0.39 is 23.5 Å². The third-order valence-corrected chi connectivity index (χ3v) is 2.44. The highest BCUT2D eigenvalue weighted by Gasteiger charge is 2.33. The van der Waals surface area contributed by atoms with Gasteiger partial charge in [-0.3, -0.25) is 9.59 Å². The van der Waals surface area contributed by atoms with E-state index in [1.807, 2.05) is 0 Å². The van der Waals surface area contributed by atoms with Crippen molar-refractivity contribution in [1.29, 1.82) is 0 Å². The molecule has 0 amide bonds. The Kier molecular flexibility index (Phi) is 3.91. The van der Waals surface area contributed by atoms with Gasteiger partial charge in [-0.15, -0.1) is 0 Å². The van der Waals surface area contributed by atoms with Gasteiger partial charge in [0.1, 0.15) is 11.6 Å². The number of carbonyl (C=O) groups is 2. The van der Waals surface area contributed by atoms with Crippen LogP contribution in [0.3, 0.4) is 0 Å². The van der Waals surface area contributed by atoms with Crippen LogP contribution < -0.4 is 5.32 Å². The standard InChI is InChI=1S/C11H19NO4/c1-11(2,3)16-10(15)8-6-7(9(13)14)4-5-12-8/h7-8,12H,4-6H2,1-3H3,(H,13,14)/t7-,8-/m0/s1. The van der Waals surface area contributed by atoms with Gasteiger partial charge in [0.2, 0.25) is 0 Å². The number of carboxylic acid groups (broad SMARTS) is 1. The fourth-order valence-electron chi connectivity index (χ4n) is 1.69. The molecule has 0 saturated carbocycles. The van der Waals surface area contributed by atoms with Crippen molar-refractivity contribution in [2.45, 2.75) is 45.3 Å². The lowest BCUT2D eigenvalue weighted by Crippen LogP contribution is -2.47. The third-order valence-electron chi connectivity index (χ3n) is 2.44. The maximum absolute atomic E-state index is 11.7. The topological polar surface area (TPSA) is 75.6 Å². The summed E-state index contributed by atoms with van der Waals surface area (Å²) in [5, 5.41) is 11.9.